The summed E-state index contributed by atoms with van der Waals surface area (Å²) in [5.74, 6) is -0.0301. The van der Waals surface area contributed by atoms with Crippen molar-refractivity contribution in [2.24, 2.45) is 0 Å². The highest BCUT2D eigenvalue weighted by Crippen LogP contribution is 2.17. The van der Waals surface area contributed by atoms with Crippen molar-refractivity contribution in [3.63, 3.8) is 0 Å². The lowest BCUT2D eigenvalue weighted by Gasteiger charge is -2.32. The first-order chi connectivity index (χ1) is 12.7. The van der Waals surface area contributed by atoms with Gasteiger partial charge in [0.05, 0.1) is 18.4 Å². The first kappa shape index (κ1) is 16.7. The van der Waals surface area contributed by atoms with Crippen molar-refractivity contribution in [3.05, 3.63) is 65.9 Å². The maximum atomic E-state index is 12.9. The van der Waals surface area contributed by atoms with Crippen LogP contribution in [-0.4, -0.2) is 44.4 Å². The summed E-state index contributed by atoms with van der Waals surface area (Å²) < 4.78 is 7.88. The van der Waals surface area contributed by atoms with Crippen molar-refractivity contribution in [1.82, 2.24) is 19.3 Å². The van der Waals surface area contributed by atoms with Crippen LogP contribution in [0.2, 0.25) is 0 Å². The van der Waals surface area contributed by atoms with E-state index in [9.17, 15) is 4.79 Å². The first-order valence-electron chi connectivity index (χ1n) is 8.95. The Morgan fingerprint density at radius 1 is 1.27 bits per heavy atom. The van der Waals surface area contributed by atoms with E-state index in [1.807, 2.05) is 58.9 Å². The molecular weight excluding hydrogens is 328 g/mol. The molecule has 0 unspecified atom stereocenters. The number of likely N-dealkylation sites (tertiary alicyclic amines) is 1. The van der Waals surface area contributed by atoms with E-state index in [0.717, 1.165) is 36.3 Å². The van der Waals surface area contributed by atoms with Gasteiger partial charge in [-0.15, -0.1) is 0 Å². The Morgan fingerprint density at radius 3 is 3.04 bits per heavy atom. The molecule has 3 aromatic rings. The number of carbonyl (C=O) groups is 1. The van der Waals surface area contributed by atoms with Gasteiger partial charge in [-0.3, -0.25) is 9.78 Å². The molecule has 0 spiro atoms. The van der Waals surface area contributed by atoms with Gasteiger partial charge in [0, 0.05) is 31.7 Å². The number of imidazole rings is 1. The molecule has 1 aliphatic heterocycles. The normalized spacial score (nSPS) is 17.6. The van der Waals surface area contributed by atoms with Crippen LogP contribution in [0.25, 0.3) is 5.65 Å². The van der Waals surface area contributed by atoms with E-state index in [0.29, 0.717) is 18.8 Å². The SMILES string of the molecule is Cc1ccc2nc(C(=O)N3CCC[C@@H](OCc4ccccn4)C3)cn2c1. The van der Waals surface area contributed by atoms with Crippen molar-refractivity contribution in [3.8, 4) is 0 Å². The fraction of sp³-hybridized carbons (Fsp3) is 0.350. The minimum absolute atomic E-state index is 0.0301. The zero-order valence-electron chi connectivity index (χ0n) is 14.8. The number of ether oxygens (including phenoxy) is 1. The Morgan fingerprint density at radius 2 is 2.19 bits per heavy atom. The van der Waals surface area contributed by atoms with E-state index in [2.05, 4.69) is 9.97 Å². The van der Waals surface area contributed by atoms with Gasteiger partial charge in [-0.05, 0) is 43.5 Å². The predicted molar refractivity (Wildman–Crippen MR) is 97.9 cm³/mol. The maximum Gasteiger partial charge on any atom is 0.274 e. The number of rotatable bonds is 4. The van der Waals surface area contributed by atoms with Gasteiger partial charge in [0.1, 0.15) is 11.3 Å². The van der Waals surface area contributed by atoms with Gasteiger partial charge in [0.2, 0.25) is 0 Å². The number of fused-ring (bicyclic) bond motifs is 1. The number of carbonyl (C=O) groups excluding carboxylic acids is 1. The second kappa shape index (κ2) is 7.25. The average molecular weight is 350 g/mol. The number of pyridine rings is 2. The van der Waals surface area contributed by atoms with Crippen molar-refractivity contribution in [2.45, 2.75) is 32.5 Å². The lowest BCUT2D eigenvalue weighted by Crippen LogP contribution is -2.43. The summed E-state index contributed by atoms with van der Waals surface area (Å²) in [6, 6.07) is 9.72. The zero-order valence-corrected chi connectivity index (χ0v) is 14.8. The van der Waals surface area contributed by atoms with E-state index in [-0.39, 0.29) is 12.0 Å². The number of amides is 1. The van der Waals surface area contributed by atoms with E-state index in [4.69, 9.17) is 4.74 Å². The molecule has 4 rings (SSSR count). The summed E-state index contributed by atoms with van der Waals surface area (Å²) in [6.07, 6.45) is 7.48. The van der Waals surface area contributed by atoms with Crippen LogP contribution < -0.4 is 0 Å². The van der Waals surface area contributed by atoms with Gasteiger partial charge in [-0.1, -0.05) is 12.1 Å². The summed E-state index contributed by atoms with van der Waals surface area (Å²) in [4.78, 5) is 23.5. The molecule has 0 aliphatic carbocycles. The van der Waals surface area contributed by atoms with Crippen molar-refractivity contribution >= 4 is 11.6 Å². The minimum atomic E-state index is -0.0301. The first-order valence-corrected chi connectivity index (χ1v) is 8.95. The fourth-order valence-corrected chi connectivity index (χ4v) is 3.31. The fourth-order valence-electron chi connectivity index (χ4n) is 3.31. The zero-order chi connectivity index (χ0) is 17.9. The molecule has 6 nitrogen and oxygen atoms in total. The third-order valence-corrected chi connectivity index (χ3v) is 4.68. The van der Waals surface area contributed by atoms with Crippen molar-refractivity contribution in [1.29, 1.82) is 0 Å². The van der Waals surface area contributed by atoms with E-state index in [1.54, 1.807) is 6.20 Å². The molecule has 1 atom stereocenters. The van der Waals surface area contributed by atoms with Crippen LogP contribution in [-0.2, 0) is 11.3 Å². The van der Waals surface area contributed by atoms with Gasteiger partial charge in [-0.2, -0.15) is 0 Å². The number of aryl methyl sites for hydroxylation is 1. The number of piperidine rings is 1. The van der Waals surface area contributed by atoms with Crippen LogP contribution in [0, 0.1) is 6.92 Å². The highest BCUT2D eigenvalue weighted by atomic mass is 16.5. The number of aromatic nitrogens is 3. The Balaban J connectivity index is 1.42. The molecule has 1 saturated heterocycles. The largest absolute Gasteiger partial charge is 0.370 e. The molecule has 0 aromatic carbocycles. The van der Waals surface area contributed by atoms with Gasteiger partial charge >= 0.3 is 0 Å². The molecule has 1 aliphatic rings. The molecule has 0 N–H and O–H groups in total. The summed E-state index contributed by atoms with van der Waals surface area (Å²) in [5, 5.41) is 0. The molecule has 4 heterocycles. The quantitative estimate of drug-likeness (QED) is 0.726. The number of hydrogen-bond donors (Lipinski definition) is 0. The average Bonchev–Trinajstić information content (AvgIpc) is 3.10. The van der Waals surface area contributed by atoms with Crippen LogP contribution >= 0.6 is 0 Å². The Kier molecular flexibility index (Phi) is 4.67. The van der Waals surface area contributed by atoms with E-state index < -0.39 is 0 Å². The lowest BCUT2D eigenvalue weighted by molar-refractivity contribution is -0.00799. The summed E-state index contributed by atoms with van der Waals surface area (Å²) in [5.41, 5.74) is 3.32. The van der Waals surface area contributed by atoms with Crippen molar-refractivity contribution in [2.75, 3.05) is 13.1 Å². The number of hydrogen-bond acceptors (Lipinski definition) is 4. The summed E-state index contributed by atoms with van der Waals surface area (Å²) >= 11 is 0. The molecule has 3 aromatic heterocycles. The third-order valence-electron chi connectivity index (χ3n) is 4.68. The smallest absolute Gasteiger partial charge is 0.274 e. The van der Waals surface area contributed by atoms with Crippen molar-refractivity contribution < 1.29 is 9.53 Å². The Bertz CT molecular complexity index is 907. The highest BCUT2D eigenvalue weighted by molar-refractivity contribution is 5.93. The predicted octanol–water partition coefficient (Wildman–Crippen LogP) is 2.86. The van der Waals surface area contributed by atoms with Crippen LogP contribution in [0.4, 0.5) is 0 Å². The third kappa shape index (κ3) is 3.60. The minimum Gasteiger partial charge on any atom is -0.370 e. The van der Waals surface area contributed by atoms with Gasteiger partial charge in [-0.25, -0.2) is 4.98 Å². The van der Waals surface area contributed by atoms with Gasteiger partial charge in [0.15, 0.2) is 0 Å². The van der Waals surface area contributed by atoms with Crippen LogP contribution in [0.15, 0.2) is 48.9 Å². The topological polar surface area (TPSA) is 59.7 Å². The number of nitrogens with zero attached hydrogens (tertiary/aromatic N) is 4. The highest BCUT2D eigenvalue weighted by Gasteiger charge is 2.26. The molecule has 1 fully saturated rings. The monoisotopic (exact) mass is 350 g/mol. The standard InChI is InChI=1S/C20H22N4O2/c1-15-7-8-19-22-18(13-24(19)11-15)20(25)23-10-4-6-17(12-23)26-14-16-5-2-3-9-21-16/h2-3,5,7-9,11,13,17H,4,6,10,12,14H2,1H3/t17-/m1/s1. The van der Waals surface area contributed by atoms with Crippen LogP contribution in [0.3, 0.4) is 0 Å². The maximum absolute atomic E-state index is 12.9. The molecule has 26 heavy (non-hydrogen) atoms. The lowest BCUT2D eigenvalue weighted by atomic mass is 10.1. The Labute approximate surface area is 152 Å². The molecule has 134 valence electrons. The van der Waals surface area contributed by atoms with Gasteiger partial charge < -0.3 is 14.0 Å². The molecule has 1 amide bonds. The molecule has 0 bridgehead atoms. The molecular formula is C20H22N4O2. The molecule has 0 saturated carbocycles. The van der Waals surface area contributed by atoms with Crippen LogP contribution in [0.5, 0.6) is 0 Å². The Hall–Kier alpha value is -2.73. The summed E-state index contributed by atoms with van der Waals surface area (Å²) in [6.45, 7) is 3.84. The molecule has 6 heteroatoms. The van der Waals surface area contributed by atoms with E-state index in [1.165, 1.54) is 0 Å². The van der Waals surface area contributed by atoms with E-state index >= 15 is 0 Å². The van der Waals surface area contributed by atoms with Gasteiger partial charge in [0.25, 0.3) is 5.91 Å². The second-order valence-corrected chi connectivity index (χ2v) is 6.75. The van der Waals surface area contributed by atoms with Crippen LogP contribution in [0.1, 0.15) is 34.6 Å². The summed E-state index contributed by atoms with van der Waals surface area (Å²) in [7, 11) is 0. The molecule has 0 radical (unpaired) electrons. The second-order valence-electron chi connectivity index (χ2n) is 6.75.